The highest BCUT2D eigenvalue weighted by Gasteiger charge is 2.12. The van der Waals surface area contributed by atoms with Gasteiger partial charge in [0.2, 0.25) is 0 Å². The molecule has 0 aliphatic carbocycles. The third-order valence-electron chi connectivity index (χ3n) is 4.27. The van der Waals surface area contributed by atoms with Gasteiger partial charge in [0.1, 0.15) is 11.5 Å². The summed E-state index contributed by atoms with van der Waals surface area (Å²) in [5.74, 6) is 0.295. The van der Waals surface area contributed by atoms with E-state index in [0.29, 0.717) is 11.5 Å². The van der Waals surface area contributed by atoms with E-state index in [-0.39, 0.29) is 5.82 Å². The zero-order valence-corrected chi connectivity index (χ0v) is 14.0. The van der Waals surface area contributed by atoms with E-state index < -0.39 is 0 Å². The van der Waals surface area contributed by atoms with E-state index in [0.717, 1.165) is 33.3 Å². The first kappa shape index (κ1) is 15.4. The van der Waals surface area contributed by atoms with Crippen molar-refractivity contribution in [1.29, 1.82) is 0 Å². The first-order valence-electron chi connectivity index (χ1n) is 8.08. The number of aromatic nitrogens is 3. The highest BCUT2D eigenvalue weighted by atomic mass is 19.1. The van der Waals surface area contributed by atoms with Crippen LogP contribution in [0.3, 0.4) is 0 Å². The van der Waals surface area contributed by atoms with Crippen molar-refractivity contribution in [2.24, 2.45) is 0 Å². The highest BCUT2D eigenvalue weighted by molar-refractivity contribution is 5.79. The fourth-order valence-corrected chi connectivity index (χ4v) is 2.87. The van der Waals surface area contributed by atoms with Crippen LogP contribution in [0.5, 0.6) is 0 Å². The Balaban J connectivity index is 1.87. The second-order valence-corrected chi connectivity index (χ2v) is 6.07. The van der Waals surface area contributed by atoms with Gasteiger partial charge in [-0.05, 0) is 49.2 Å². The Bertz CT molecular complexity index is 1090. The molecule has 0 N–H and O–H groups in total. The molecule has 4 heteroatoms. The summed E-state index contributed by atoms with van der Waals surface area (Å²) in [6.07, 6.45) is 1.80. The van der Waals surface area contributed by atoms with Crippen LogP contribution in [0.25, 0.3) is 33.7 Å². The number of aryl methyl sites for hydroxylation is 2. The number of hydrogen-bond donors (Lipinski definition) is 0. The van der Waals surface area contributed by atoms with Gasteiger partial charge in [-0.2, -0.15) is 0 Å². The first-order chi connectivity index (χ1) is 12.1. The number of pyridine rings is 1. The van der Waals surface area contributed by atoms with Crippen LogP contribution >= 0.6 is 0 Å². The Morgan fingerprint density at radius 1 is 0.840 bits per heavy atom. The number of nitrogens with zero attached hydrogens (tertiary/aromatic N) is 3. The molecule has 0 fully saturated rings. The lowest BCUT2D eigenvalue weighted by atomic mass is 10.0. The van der Waals surface area contributed by atoms with Crippen molar-refractivity contribution >= 4 is 10.9 Å². The zero-order valence-electron chi connectivity index (χ0n) is 14.0. The van der Waals surface area contributed by atoms with Crippen LogP contribution in [0, 0.1) is 19.7 Å². The summed E-state index contributed by atoms with van der Waals surface area (Å²) in [5.41, 5.74) is 5.06. The van der Waals surface area contributed by atoms with Crippen molar-refractivity contribution in [3.63, 3.8) is 0 Å². The Morgan fingerprint density at radius 2 is 1.64 bits per heavy atom. The molecule has 0 atom stereocenters. The van der Waals surface area contributed by atoms with Crippen LogP contribution in [0.4, 0.5) is 4.39 Å². The van der Waals surface area contributed by atoms with E-state index in [1.165, 1.54) is 12.1 Å². The summed E-state index contributed by atoms with van der Waals surface area (Å²) >= 11 is 0. The van der Waals surface area contributed by atoms with Crippen molar-refractivity contribution in [3.8, 4) is 22.8 Å². The van der Waals surface area contributed by atoms with E-state index in [2.05, 4.69) is 9.97 Å². The molecule has 3 nitrogen and oxygen atoms in total. The minimum atomic E-state index is -0.269. The molecule has 0 unspecified atom stereocenters. The average molecular weight is 329 g/mol. The standard InChI is InChI=1S/C21H16FN3/c1-13-7-9-16(22)11-17(13)20-14(2)8-10-19(24-20)21-23-12-15-5-3-4-6-18(15)25-21/h3-12H,1-2H3. The number of rotatable bonds is 2. The molecule has 0 saturated carbocycles. The lowest BCUT2D eigenvalue weighted by Crippen LogP contribution is -1.97. The maximum atomic E-state index is 13.7. The minimum absolute atomic E-state index is 0.269. The molecule has 0 aliphatic rings. The third-order valence-corrected chi connectivity index (χ3v) is 4.27. The summed E-state index contributed by atoms with van der Waals surface area (Å²) in [7, 11) is 0. The van der Waals surface area contributed by atoms with Crippen LogP contribution in [-0.2, 0) is 0 Å². The zero-order chi connectivity index (χ0) is 17.4. The molecule has 2 aromatic heterocycles. The van der Waals surface area contributed by atoms with Gasteiger partial charge in [-0.3, -0.25) is 0 Å². The van der Waals surface area contributed by atoms with E-state index in [9.17, 15) is 4.39 Å². The van der Waals surface area contributed by atoms with Crippen LogP contribution in [0.15, 0.2) is 60.8 Å². The summed E-state index contributed by atoms with van der Waals surface area (Å²) < 4.78 is 13.7. The fraction of sp³-hybridized carbons (Fsp3) is 0.0952. The van der Waals surface area contributed by atoms with Gasteiger partial charge in [0.15, 0.2) is 5.82 Å². The lowest BCUT2D eigenvalue weighted by Gasteiger charge is -2.10. The van der Waals surface area contributed by atoms with Crippen molar-refractivity contribution in [1.82, 2.24) is 15.0 Å². The molecule has 2 aromatic carbocycles. The number of halogens is 1. The van der Waals surface area contributed by atoms with Crippen molar-refractivity contribution < 1.29 is 4.39 Å². The predicted octanol–water partition coefficient (Wildman–Crippen LogP) is 5.11. The van der Waals surface area contributed by atoms with Gasteiger partial charge in [0.25, 0.3) is 0 Å². The van der Waals surface area contributed by atoms with Crippen molar-refractivity contribution in [2.45, 2.75) is 13.8 Å². The SMILES string of the molecule is Cc1ccc(F)cc1-c1nc(-c2ncc3ccccc3n2)ccc1C. The highest BCUT2D eigenvalue weighted by Crippen LogP contribution is 2.28. The molecule has 4 rings (SSSR count). The fourth-order valence-electron chi connectivity index (χ4n) is 2.87. The van der Waals surface area contributed by atoms with Gasteiger partial charge < -0.3 is 0 Å². The molecule has 0 aliphatic heterocycles. The molecule has 2 heterocycles. The molecule has 0 spiro atoms. The average Bonchev–Trinajstić information content (AvgIpc) is 2.64. The second-order valence-electron chi connectivity index (χ2n) is 6.07. The number of hydrogen-bond acceptors (Lipinski definition) is 3. The normalized spacial score (nSPS) is 11.0. The minimum Gasteiger partial charge on any atom is -0.244 e. The van der Waals surface area contributed by atoms with Gasteiger partial charge >= 0.3 is 0 Å². The molecule has 4 aromatic rings. The summed E-state index contributed by atoms with van der Waals surface area (Å²) in [6, 6.07) is 16.5. The number of fused-ring (bicyclic) bond motifs is 1. The van der Waals surface area contributed by atoms with Gasteiger partial charge in [-0.15, -0.1) is 0 Å². The molecule has 25 heavy (non-hydrogen) atoms. The maximum Gasteiger partial charge on any atom is 0.178 e. The Hall–Kier alpha value is -3.14. The smallest absolute Gasteiger partial charge is 0.178 e. The van der Waals surface area contributed by atoms with E-state index in [4.69, 9.17) is 4.98 Å². The molecule has 0 bridgehead atoms. The van der Waals surface area contributed by atoms with Gasteiger partial charge in [0, 0.05) is 17.1 Å². The maximum absolute atomic E-state index is 13.7. The van der Waals surface area contributed by atoms with E-state index in [1.54, 1.807) is 12.3 Å². The quantitative estimate of drug-likeness (QED) is 0.512. The predicted molar refractivity (Wildman–Crippen MR) is 97.6 cm³/mol. The van der Waals surface area contributed by atoms with Crippen LogP contribution in [-0.4, -0.2) is 15.0 Å². The van der Waals surface area contributed by atoms with Crippen LogP contribution < -0.4 is 0 Å². The number of benzene rings is 2. The topological polar surface area (TPSA) is 38.7 Å². The first-order valence-corrected chi connectivity index (χ1v) is 8.08. The van der Waals surface area contributed by atoms with Gasteiger partial charge in [0.05, 0.1) is 11.2 Å². The lowest BCUT2D eigenvalue weighted by molar-refractivity contribution is 0.628. The Morgan fingerprint density at radius 3 is 2.52 bits per heavy atom. The largest absolute Gasteiger partial charge is 0.244 e. The third kappa shape index (κ3) is 2.87. The Kier molecular flexibility index (Phi) is 3.73. The molecular formula is C21H16FN3. The molecule has 0 saturated heterocycles. The molecule has 122 valence electrons. The van der Waals surface area contributed by atoms with Gasteiger partial charge in [-0.1, -0.05) is 30.3 Å². The summed E-state index contributed by atoms with van der Waals surface area (Å²) in [5, 5.41) is 0.986. The Labute approximate surface area is 145 Å². The molecule has 0 amide bonds. The number of para-hydroxylation sites is 1. The molecular weight excluding hydrogens is 313 g/mol. The summed E-state index contributed by atoms with van der Waals surface area (Å²) in [6.45, 7) is 3.92. The van der Waals surface area contributed by atoms with E-state index >= 15 is 0 Å². The molecule has 0 radical (unpaired) electrons. The second kappa shape index (κ2) is 6.06. The van der Waals surface area contributed by atoms with Crippen molar-refractivity contribution in [2.75, 3.05) is 0 Å². The monoisotopic (exact) mass is 329 g/mol. The van der Waals surface area contributed by atoms with Crippen LogP contribution in [0.1, 0.15) is 11.1 Å². The van der Waals surface area contributed by atoms with Crippen molar-refractivity contribution in [3.05, 3.63) is 77.7 Å². The van der Waals surface area contributed by atoms with Crippen LogP contribution in [0.2, 0.25) is 0 Å². The van der Waals surface area contributed by atoms with E-state index in [1.807, 2.05) is 50.2 Å². The summed E-state index contributed by atoms with van der Waals surface area (Å²) in [4.78, 5) is 13.8. The van der Waals surface area contributed by atoms with Gasteiger partial charge in [-0.25, -0.2) is 19.3 Å².